The first-order valence-electron chi connectivity index (χ1n) is 1.50. The van der Waals surface area contributed by atoms with Crippen LogP contribution in [0, 0.1) is 10.8 Å². The Hall–Kier alpha value is 0.130. The Labute approximate surface area is 44.4 Å². The molecule has 0 aliphatic heterocycles. The third-order valence-electron chi connectivity index (χ3n) is 0. The first kappa shape index (κ1) is 10.2. The van der Waals surface area contributed by atoms with E-state index in [0.29, 0.717) is 0 Å². The van der Waals surface area contributed by atoms with E-state index < -0.39 is 10.8 Å². The van der Waals surface area contributed by atoms with Gasteiger partial charge in [0.1, 0.15) is 0 Å². The molecule has 0 heterocycles. The summed E-state index contributed by atoms with van der Waals surface area (Å²) in [5, 5.41) is 7.57. The van der Waals surface area contributed by atoms with Crippen molar-refractivity contribution in [2.75, 3.05) is 6.61 Å². The van der Waals surface area contributed by atoms with Gasteiger partial charge in [-0.1, -0.05) is 0 Å². The summed E-state index contributed by atoms with van der Waals surface area (Å²) in [6, 6.07) is 0. The van der Waals surface area contributed by atoms with Crippen molar-refractivity contribution in [2.24, 2.45) is 0 Å². The van der Waals surface area contributed by atoms with Gasteiger partial charge in [0.15, 0.2) is 0 Å². The second kappa shape index (κ2) is 9.46. The standard InChI is InChI=1S/C2H6O.ClHO3/c1-2-3;2-1(3)4/h3H,2H2,1H3;2H. The van der Waals surface area contributed by atoms with Gasteiger partial charge in [-0.25, -0.2) is 0 Å². The van der Waals surface area contributed by atoms with Crippen molar-refractivity contribution >= 4 is 0 Å². The molecule has 0 aliphatic carbocycles. The monoisotopic (exact) mass is 130 g/mol. The molecule has 4 nitrogen and oxygen atoms in total. The van der Waals surface area contributed by atoms with Gasteiger partial charge in [0.2, 0.25) is 0 Å². The predicted octanol–water partition coefficient (Wildman–Crippen LogP) is -2.94. The van der Waals surface area contributed by atoms with Gasteiger partial charge in [0.25, 0.3) is 10.8 Å². The van der Waals surface area contributed by atoms with E-state index in [9.17, 15) is 0 Å². The summed E-state index contributed by atoms with van der Waals surface area (Å²) in [6.07, 6.45) is 0. The number of hydrogen-bond donors (Lipinski definition) is 2. The molecule has 0 aromatic heterocycles. The highest BCUT2D eigenvalue weighted by Crippen LogP contribution is 1.38. The molecule has 7 heavy (non-hydrogen) atoms. The van der Waals surface area contributed by atoms with Crippen LogP contribution in [-0.2, 0) is 0 Å². The molecule has 0 atom stereocenters. The minimum Gasteiger partial charge on any atom is -0.397 e. The Morgan fingerprint density at radius 1 is 1.57 bits per heavy atom. The van der Waals surface area contributed by atoms with Crippen LogP contribution >= 0.6 is 0 Å². The lowest BCUT2D eigenvalue weighted by molar-refractivity contribution is -1.63. The average Bonchev–Trinajstić information content (AvgIpc) is 1.33. The van der Waals surface area contributed by atoms with E-state index >= 15 is 0 Å². The molecule has 0 aromatic carbocycles. The Kier molecular flexibility index (Phi) is 13.8. The van der Waals surface area contributed by atoms with Crippen LogP contribution in [0.1, 0.15) is 6.92 Å². The zero-order valence-electron chi connectivity index (χ0n) is 3.80. The number of aliphatic hydroxyl groups excluding tert-OH is 1. The van der Waals surface area contributed by atoms with E-state index in [2.05, 4.69) is 0 Å². The van der Waals surface area contributed by atoms with Gasteiger partial charge in [-0.2, -0.15) is 0 Å². The minimum atomic E-state index is -2.60. The number of hydrogen-bond acceptors (Lipinski definition) is 4. The SMILES string of the molecule is CCO.[O-][Cl+2]([O-])O. The molecule has 0 radical (unpaired) electrons. The average molecular weight is 131 g/mol. The van der Waals surface area contributed by atoms with Crippen LogP contribution in [0.15, 0.2) is 0 Å². The summed E-state index contributed by atoms with van der Waals surface area (Å²) < 4.78 is 24.0. The van der Waals surface area contributed by atoms with Crippen molar-refractivity contribution in [3.05, 3.63) is 0 Å². The van der Waals surface area contributed by atoms with Crippen LogP contribution in [0.25, 0.3) is 0 Å². The van der Waals surface area contributed by atoms with E-state index in [1.54, 1.807) is 6.92 Å². The maximum atomic E-state index is 8.52. The van der Waals surface area contributed by atoms with Crippen molar-refractivity contribution in [2.45, 2.75) is 6.92 Å². The molecular formula is C2H7ClO4. The van der Waals surface area contributed by atoms with Gasteiger partial charge in [0, 0.05) is 11.3 Å². The second-order valence-electron chi connectivity index (χ2n) is 0.517. The molecule has 2 N–H and O–H groups in total. The fraction of sp³-hybridized carbons (Fsp3) is 1.00. The Bertz CT molecular complexity index is 20.9. The molecule has 0 aliphatic rings. The van der Waals surface area contributed by atoms with E-state index in [4.69, 9.17) is 19.1 Å². The Morgan fingerprint density at radius 3 is 1.57 bits per heavy atom. The molecule has 46 valence electrons. The van der Waals surface area contributed by atoms with Gasteiger partial charge in [-0.3, -0.25) is 0 Å². The van der Waals surface area contributed by atoms with Gasteiger partial charge in [0.05, 0.1) is 0 Å². The largest absolute Gasteiger partial charge is 0.397 e. The fourth-order valence-corrected chi connectivity index (χ4v) is 0. The van der Waals surface area contributed by atoms with Crippen molar-refractivity contribution in [1.29, 1.82) is 0 Å². The lowest BCUT2D eigenvalue weighted by Crippen LogP contribution is -2.30. The molecule has 0 rings (SSSR count). The van der Waals surface area contributed by atoms with Crippen LogP contribution < -0.4 is 9.32 Å². The number of halogens is 1. The Balaban J connectivity index is 0. The summed E-state index contributed by atoms with van der Waals surface area (Å²) in [6.45, 7) is 1.93. The first-order valence-corrected chi connectivity index (χ1v) is 2.46. The molecule has 0 saturated heterocycles. The van der Waals surface area contributed by atoms with Crippen molar-refractivity contribution < 1.29 is 29.9 Å². The summed E-state index contributed by atoms with van der Waals surface area (Å²) in [7, 11) is -2.60. The molecule has 0 bridgehead atoms. The van der Waals surface area contributed by atoms with Crippen LogP contribution in [-0.4, -0.2) is 16.4 Å². The molecule has 0 aromatic rings. The minimum absolute atomic E-state index is 0.250. The van der Waals surface area contributed by atoms with E-state index in [1.165, 1.54) is 0 Å². The highest BCUT2D eigenvalue weighted by Gasteiger charge is 1.79. The van der Waals surface area contributed by atoms with Gasteiger partial charge in [-0.05, 0) is 6.92 Å². The molecule has 0 unspecified atom stereocenters. The third kappa shape index (κ3) is 6190. The lowest BCUT2D eigenvalue weighted by atomic mass is 10.9. The maximum absolute atomic E-state index is 8.52. The van der Waals surface area contributed by atoms with Crippen molar-refractivity contribution in [3.63, 3.8) is 0 Å². The molecule has 0 fully saturated rings. The lowest BCUT2D eigenvalue weighted by Gasteiger charge is -1.72. The summed E-state index contributed by atoms with van der Waals surface area (Å²) >= 11 is 0. The third-order valence-corrected chi connectivity index (χ3v) is 0. The predicted molar refractivity (Wildman–Crippen MR) is 15.0 cm³/mol. The molecule has 0 spiro atoms. The first-order chi connectivity index (χ1) is 3.15. The van der Waals surface area contributed by atoms with E-state index in [0.717, 1.165) is 0 Å². The van der Waals surface area contributed by atoms with Gasteiger partial charge in [-0.15, -0.1) is 0 Å². The van der Waals surface area contributed by atoms with E-state index in [-0.39, 0.29) is 6.61 Å². The van der Waals surface area contributed by atoms with Crippen LogP contribution in [0.3, 0.4) is 0 Å². The van der Waals surface area contributed by atoms with Crippen molar-refractivity contribution in [3.8, 4) is 0 Å². The topological polar surface area (TPSA) is 86.6 Å². The van der Waals surface area contributed by atoms with Gasteiger partial charge < -0.3 is 14.4 Å². The number of aliphatic hydroxyl groups is 1. The maximum Gasteiger partial charge on any atom is 0.282 e. The van der Waals surface area contributed by atoms with Crippen molar-refractivity contribution in [1.82, 2.24) is 0 Å². The van der Waals surface area contributed by atoms with E-state index in [1.807, 2.05) is 0 Å². The summed E-state index contributed by atoms with van der Waals surface area (Å²) in [4.78, 5) is 0. The zero-order chi connectivity index (χ0) is 6.28. The second-order valence-corrected chi connectivity index (χ2v) is 0.919. The normalized spacial score (nSPS) is 7.71. The van der Waals surface area contributed by atoms with Gasteiger partial charge >= 0.3 is 0 Å². The fourth-order valence-electron chi connectivity index (χ4n) is 0. The van der Waals surface area contributed by atoms with Crippen LogP contribution in [0.5, 0.6) is 0 Å². The number of rotatable bonds is 0. The zero-order valence-corrected chi connectivity index (χ0v) is 4.55. The molecule has 0 amide bonds. The summed E-state index contributed by atoms with van der Waals surface area (Å²) in [5.74, 6) is 0. The van der Waals surface area contributed by atoms with Crippen LogP contribution in [0.2, 0.25) is 0 Å². The highest BCUT2D eigenvalue weighted by molar-refractivity contribution is 3.84. The molecular weight excluding hydrogens is 123 g/mol. The Morgan fingerprint density at radius 2 is 1.57 bits per heavy atom. The molecule has 5 heteroatoms. The summed E-state index contributed by atoms with van der Waals surface area (Å²) in [5.41, 5.74) is 0. The highest BCUT2D eigenvalue weighted by atomic mass is 35.6. The van der Waals surface area contributed by atoms with Crippen LogP contribution in [0.4, 0.5) is 0 Å². The molecule has 0 saturated carbocycles. The smallest absolute Gasteiger partial charge is 0.282 e. The quantitative estimate of drug-likeness (QED) is 0.368.